The van der Waals surface area contributed by atoms with E-state index >= 15 is 0 Å². The van der Waals surface area contributed by atoms with Gasteiger partial charge in [0.1, 0.15) is 5.75 Å². The summed E-state index contributed by atoms with van der Waals surface area (Å²) in [5.41, 5.74) is 0.223. The van der Waals surface area contributed by atoms with Gasteiger partial charge >= 0.3 is 6.36 Å². The van der Waals surface area contributed by atoms with Gasteiger partial charge in [-0.3, -0.25) is 4.79 Å². The fraction of sp³-hybridized carbons (Fsp3) is 0.588. The van der Waals surface area contributed by atoms with Crippen molar-refractivity contribution in [1.29, 1.82) is 0 Å². The van der Waals surface area contributed by atoms with E-state index in [1.54, 1.807) is 4.90 Å². The molecular weight excluding hydrogens is 321 g/mol. The summed E-state index contributed by atoms with van der Waals surface area (Å²) in [6.07, 6.45) is -0.400. The van der Waals surface area contributed by atoms with Gasteiger partial charge in [0.25, 0.3) is 5.91 Å². The van der Waals surface area contributed by atoms with Crippen LogP contribution in [0.15, 0.2) is 24.3 Å². The molecule has 0 radical (unpaired) electrons. The highest BCUT2D eigenvalue weighted by molar-refractivity contribution is 5.94. The van der Waals surface area contributed by atoms with Gasteiger partial charge in [-0.2, -0.15) is 0 Å². The topological polar surface area (TPSA) is 41.6 Å². The van der Waals surface area contributed by atoms with E-state index in [9.17, 15) is 18.0 Å². The number of alkyl halides is 3. The Morgan fingerprint density at radius 3 is 2.54 bits per heavy atom. The fourth-order valence-corrected chi connectivity index (χ4v) is 2.95. The Labute approximate surface area is 139 Å². The molecule has 1 aliphatic carbocycles. The lowest BCUT2D eigenvalue weighted by Gasteiger charge is -2.32. The molecule has 3 rings (SSSR count). The van der Waals surface area contributed by atoms with Crippen molar-refractivity contribution in [1.82, 2.24) is 10.2 Å². The number of rotatable bonds is 5. The number of ether oxygens (including phenoxy) is 1. The molecule has 1 saturated carbocycles. The van der Waals surface area contributed by atoms with Crippen molar-refractivity contribution < 1.29 is 22.7 Å². The minimum absolute atomic E-state index is 0.223. The second-order valence-electron chi connectivity index (χ2n) is 6.49. The summed E-state index contributed by atoms with van der Waals surface area (Å²) in [5, 5.41) is 3.53. The van der Waals surface area contributed by atoms with E-state index in [4.69, 9.17) is 0 Å². The largest absolute Gasteiger partial charge is 0.573 e. The minimum Gasteiger partial charge on any atom is -0.406 e. The Hall–Kier alpha value is -1.76. The molecule has 1 amide bonds. The van der Waals surface area contributed by atoms with Crippen molar-refractivity contribution in [2.75, 3.05) is 19.6 Å². The Kier molecular flexibility index (Phi) is 4.99. The summed E-state index contributed by atoms with van der Waals surface area (Å²) >= 11 is 0. The van der Waals surface area contributed by atoms with Crippen LogP contribution in [0.25, 0.3) is 0 Å². The molecule has 0 atom stereocenters. The SMILES string of the molecule is O=C(c1cccc(OC(F)(F)F)c1)N1CCC(NCC2CC2)CC1. The molecule has 0 unspecified atom stereocenters. The summed E-state index contributed by atoms with van der Waals surface area (Å²) in [4.78, 5) is 14.2. The van der Waals surface area contributed by atoms with E-state index in [2.05, 4.69) is 10.1 Å². The second kappa shape index (κ2) is 7.01. The van der Waals surface area contributed by atoms with E-state index in [1.807, 2.05) is 0 Å². The smallest absolute Gasteiger partial charge is 0.406 e. The van der Waals surface area contributed by atoms with Crippen LogP contribution in [0.3, 0.4) is 0 Å². The highest BCUT2D eigenvalue weighted by Crippen LogP contribution is 2.28. The molecule has 1 aromatic carbocycles. The van der Waals surface area contributed by atoms with E-state index < -0.39 is 6.36 Å². The Bertz CT molecular complexity index is 579. The molecule has 1 aromatic rings. The van der Waals surface area contributed by atoms with Crippen LogP contribution in [-0.2, 0) is 0 Å². The van der Waals surface area contributed by atoms with Crippen LogP contribution in [0.1, 0.15) is 36.0 Å². The molecule has 24 heavy (non-hydrogen) atoms. The second-order valence-corrected chi connectivity index (χ2v) is 6.49. The average molecular weight is 342 g/mol. The van der Waals surface area contributed by atoms with Gasteiger partial charge in [0, 0.05) is 24.7 Å². The number of likely N-dealkylation sites (tertiary alicyclic amines) is 1. The third-order valence-electron chi connectivity index (χ3n) is 4.49. The number of piperidine rings is 1. The zero-order chi connectivity index (χ0) is 17.2. The summed E-state index contributed by atoms with van der Waals surface area (Å²) in [6.45, 7) is 2.28. The van der Waals surface area contributed by atoms with Crippen LogP contribution in [0, 0.1) is 5.92 Å². The van der Waals surface area contributed by atoms with Gasteiger partial charge in [-0.25, -0.2) is 0 Å². The molecule has 0 aromatic heterocycles. The van der Waals surface area contributed by atoms with Gasteiger partial charge in [-0.05, 0) is 56.3 Å². The van der Waals surface area contributed by atoms with Gasteiger partial charge in [-0.1, -0.05) is 6.07 Å². The number of hydrogen-bond donors (Lipinski definition) is 1. The summed E-state index contributed by atoms with van der Waals surface area (Å²) in [7, 11) is 0. The minimum atomic E-state index is -4.76. The third kappa shape index (κ3) is 4.87. The highest BCUT2D eigenvalue weighted by atomic mass is 19.4. The quantitative estimate of drug-likeness (QED) is 0.894. The maximum Gasteiger partial charge on any atom is 0.573 e. The van der Waals surface area contributed by atoms with Gasteiger partial charge in [-0.15, -0.1) is 13.2 Å². The standard InChI is InChI=1S/C17H21F3N2O2/c18-17(19,20)24-15-3-1-2-13(10-15)16(23)22-8-6-14(7-9-22)21-11-12-4-5-12/h1-3,10,12,14,21H,4-9,11H2. The molecule has 1 heterocycles. The Balaban J connectivity index is 1.53. The monoisotopic (exact) mass is 342 g/mol. The van der Waals surface area contributed by atoms with E-state index in [1.165, 1.54) is 31.0 Å². The van der Waals surface area contributed by atoms with Crippen molar-refractivity contribution in [3.05, 3.63) is 29.8 Å². The van der Waals surface area contributed by atoms with Crippen LogP contribution >= 0.6 is 0 Å². The average Bonchev–Trinajstić information content (AvgIpc) is 3.36. The van der Waals surface area contributed by atoms with Crippen LogP contribution in [0.2, 0.25) is 0 Å². The number of halogens is 3. The number of amides is 1. The summed E-state index contributed by atoms with van der Waals surface area (Å²) in [5.74, 6) is 0.207. The third-order valence-corrected chi connectivity index (χ3v) is 4.49. The first-order valence-electron chi connectivity index (χ1n) is 8.29. The molecule has 2 aliphatic rings. The highest BCUT2D eigenvalue weighted by Gasteiger charge is 2.31. The predicted octanol–water partition coefficient (Wildman–Crippen LogP) is 3.19. The number of nitrogens with zero attached hydrogens (tertiary/aromatic N) is 1. The van der Waals surface area contributed by atoms with Crippen molar-refractivity contribution in [2.45, 2.75) is 38.1 Å². The lowest BCUT2D eigenvalue weighted by molar-refractivity contribution is -0.274. The predicted molar refractivity (Wildman–Crippen MR) is 82.8 cm³/mol. The number of nitrogens with one attached hydrogen (secondary N) is 1. The molecule has 1 aliphatic heterocycles. The first kappa shape index (κ1) is 17.1. The lowest BCUT2D eigenvalue weighted by Crippen LogP contribution is -2.45. The van der Waals surface area contributed by atoms with Gasteiger partial charge < -0.3 is 15.0 Å². The van der Waals surface area contributed by atoms with Crippen molar-refractivity contribution in [2.24, 2.45) is 5.92 Å². The number of benzene rings is 1. The summed E-state index contributed by atoms with van der Waals surface area (Å²) < 4.78 is 40.7. The number of carbonyl (C=O) groups excluding carboxylic acids is 1. The summed E-state index contributed by atoms with van der Waals surface area (Å²) in [6, 6.07) is 5.68. The number of carbonyl (C=O) groups is 1. The fourth-order valence-electron chi connectivity index (χ4n) is 2.95. The van der Waals surface area contributed by atoms with Crippen LogP contribution < -0.4 is 10.1 Å². The molecule has 0 bridgehead atoms. The van der Waals surface area contributed by atoms with E-state index in [0.29, 0.717) is 19.1 Å². The van der Waals surface area contributed by atoms with E-state index in [-0.39, 0.29) is 17.2 Å². The number of hydrogen-bond acceptors (Lipinski definition) is 3. The van der Waals surface area contributed by atoms with Crippen LogP contribution in [0.4, 0.5) is 13.2 Å². The molecule has 1 saturated heterocycles. The molecular formula is C17H21F3N2O2. The zero-order valence-corrected chi connectivity index (χ0v) is 13.3. The Morgan fingerprint density at radius 2 is 1.92 bits per heavy atom. The maximum atomic E-state index is 12.5. The van der Waals surface area contributed by atoms with Crippen molar-refractivity contribution >= 4 is 5.91 Å². The molecule has 4 nitrogen and oxygen atoms in total. The van der Waals surface area contributed by atoms with Gasteiger partial charge in [0.15, 0.2) is 0 Å². The van der Waals surface area contributed by atoms with Crippen molar-refractivity contribution in [3.63, 3.8) is 0 Å². The molecule has 7 heteroatoms. The van der Waals surface area contributed by atoms with E-state index in [0.717, 1.165) is 31.4 Å². The maximum absolute atomic E-state index is 12.5. The zero-order valence-electron chi connectivity index (χ0n) is 13.3. The van der Waals surface area contributed by atoms with Crippen LogP contribution in [-0.4, -0.2) is 42.8 Å². The molecule has 2 fully saturated rings. The Morgan fingerprint density at radius 1 is 1.21 bits per heavy atom. The molecule has 1 N–H and O–H groups in total. The molecule has 0 spiro atoms. The normalized spacial score (nSPS) is 19.4. The van der Waals surface area contributed by atoms with Gasteiger partial charge in [0.05, 0.1) is 0 Å². The first-order chi connectivity index (χ1) is 11.4. The molecule has 132 valence electrons. The van der Waals surface area contributed by atoms with Crippen LogP contribution in [0.5, 0.6) is 5.75 Å². The van der Waals surface area contributed by atoms with Crippen molar-refractivity contribution in [3.8, 4) is 5.75 Å². The lowest BCUT2D eigenvalue weighted by atomic mass is 10.0. The first-order valence-corrected chi connectivity index (χ1v) is 8.29. The van der Waals surface area contributed by atoms with Gasteiger partial charge in [0.2, 0.25) is 0 Å².